The molecule has 1 amide bonds. The molecule has 208 valence electrons. The van der Waals surface area contributed by atoms with Crippen molar-refractivity contribution >= 4 is 34.8 Å². The highest BCUT2D eigenvalue weighted by Gasteiger charge is 2.40. The lowest BCUT2D eigenvalue weighted by molar-refractivity contribution is -0.136. The molecule has 1 heterocycles. The van der Waals surface area contributed by atoms with Crippen molar-refractivity contribution in [2.75, 3.05) is 25.0 Å². The van der Waals surface area contributed by atoms with Gasteiger partial charge in [-0.2, -0.15) is 5.26 Å². The lowest BCUT2D eigenvalue weighted by Gasteiger charge is -2.46. The molecule has 40 heavy (non-hydrogen) atoms. The highest BCUT2D eigenvalue weighted by atomic mass is 35.5. The first-order valence-corrected chi connectivity index (χ1v) is 14.8. The maximum atomic E-state index is 12.9. The van der Waals surface area contributed by atoms with Gasteiger partial charge in [0, 0.05) is 34.9 Å². The van der Waals surface area contributed by atoms with E-state index in [9.17, 15) is 10.1 Å². The van der Waals surface area contributed by atoms with E-state index in [-0.39, 0.29) is 12.5 Å². The Morgan fingerprint density at radius 3 is 2.30 bits per heavy atom. The lowest BCUT2D eigenvalue weighted by Crippen LogP contribution is -2.49. The van der Waals surface area contributed by atoms with Crippen molar-refractivity contribution in [3.05, 3.63) is 87.9 Å². The topological polar surface area (TPSA) is 65.4 Å². The second kappa shape index (κ2) is 12.7. The Kier molecular flexibility index (Phi) is 9.13. The van der Waals surface area contributed by atoms with Crippen LogP contribution in [0.2, 0.25) is 10.0 Å². The second-order valence-electron chi connectivity index (χ2n) is 11.2. The minimum atomic E-state index is -0.561. The molecule has 3 aromatic carbocycles. The molecule has 0 bridgehead atoms. The maximum Gasteiger partial charge on any atom is 0.250 e. The molecule has 2 aliphatic rings. The average Bonchev–Trinajstić information content (AvgIpc) is 2.96. The maximum absolute atomic E-state index is 12.9. The molecule has 7 heteroatoms. The van der Waals surface area contributed by atoms with Gasteiger partial charge in [0.05, 0.1) is 17.2 Å². The van der Waals surface area contributed by atoms with Crippen molar-refractivity contribution in [2.24, 2.45) is 5.92 Å². The molecule has 3 aromatic rings. The Hall–Kier alpha value is -2.88. The molecule has 0 atom stereocenters. The first-order chi connectivity index (χ1) is 19.3. The largest absolute Gasteiger partial charge is 0.360 e. The van der Waals surface area contributed by atoms with E-state index in [1.807, 2.05) is 24.3 Å². The van der Waals surface area contributed by atoms with Crippen LogP contribution >= 0.6 is 23.2 Å². The zero-order valence-corrected chi connectivity index (χ0v) is 24.3. The Morgan fingerprint density at radius 1 is 0.975 bits per heavy atom. The predicted octanol–water partition coefficient (Wildman–Crippen LogP) is 8.06. The van der Waals surface area contributed by atoms with Crippen molar-refractivity contribution in [1.29, 1.82) is 5.26 Å². The van der Waals surface area contributed by atoms with Crippen LogP contribution in [0.1, 0.15) is 56.6 Å². The number of carbonyl (C=O) groups excluding carboxylic acids is 1. The summed E-state index contributed by atoms with van der Waals surface area (Å²) in [5, 5.41) is 13.1. The number of hydrogen-bond acceptors (Lipinski definition) is 4. The number of piperidine rings is 1. The summed E-state index contributed by atoms with van der Waals surface area (Å²) in [6.45, 7) is 4.16. The Balaban J connectivity index is 1.33. The SMILES string of the molecule is CC1CCC(N2CCC(OCC(=O)Nc3cc(Cl)cc(Cl)c3)(c3ccc(-c4cccc(C#N)c4)cc3)CC2)CC1. The van der Waals surface area contributed by atoms with Gasteiger partial charge in [0.1, 0.15) is 6.61 Å². The van der Waals surface area contributed by atoms with Crippen molar-refractivity contribution in [2.45, 2.75) is 57.1 Å². The van der Waals surface area contributed by atoms with Crippen molar-refractivity contribution in [3.8, 4) is 17.2 Å². The Bertz CT molecular complexity index is 1350. The Labute approximate surface area is 247 Å². The minimum Gasteiger partial charge on any atom is -0.360 e. The molecule has 1 aliphatic heterocycles. The predicted molar refractivity (Wildman–Crippen MR) is 162 cm³/mol. The number of anilines is 1. The third-order valence-electron chi connectivity index (χ3n) is 8.47. The molecular weight excluding hydrogens is 541 g/mol. The van der Waals surface area contributed by atoms with Crippen LogP contribution in [-0.2, 0) is 15.1 Å². The molecule has 0 aromatic heterocycles. The summed E-state index contributed by atoms with van der Waals surface area (Å²) in [6, 6.07) is 23.8. The highest BCUT2D eigenvalue weighted by molar-refractivity contribution is 6.35. The number of benzene rings is 3. The smallest absolute Gasteiger partial charge is 0.250 e. The summed E-state index contributed by atoms with van der Waals surface area (Å²) in [4.78, 5) is 15.6. The normalized spacial score (nSPS) is 20.9. The third kappa shape index (κ3) is 6.87. The minimum absolute atomic E-state index is 0.0724. The fraction of sp³-hybridized carbons (Fsp3) is 0.394. The molecule has 5 rings (SSSR count). The standard InChI is InChI=1S/C33H35Cl2N3O2/c1-23-5-11-31(12-6-23)38-15-13-33(14-16-38,40-22-32(39)37-30-19-28(34)18-29(35)20-30)27-9-7-25(8-10-27)26-4-2-3-24(17-26)21-36/h2-4,7-10,17-20,23,31H,5-6,11-16,22H2,1H3,(H,37,39). The first-order valence-electron chi connectivity index (χ1n) is 14.1. The van der Waals surface area contributed by atoms with Crippen LogP contribution in [0.5, 0.6) is 0 Å². The quantitative estimate of drug-likeness (QED) is 0.309. The lowest BCUT2D eigenvalue weighted by atomic mass is 9.81. The monoisotopic (exact) mass is 575 g/mol. The zero-order valence-electron chi connectivity index (χ0n) is 22.8. The fourth-order valence-electron chi connectivity index (χ4n) is 6.14. The summed E-state index contributed by atoms with van der Waals surface area (Å²) in [6.07, 6.45) is 6.75. The van der Waals surface area contributed by atoms with Gasteiger partial charge in [-0.15, -0.1) is 0 Å². The van der Waals surface area contributed by atoms with Gasteiger partial charge in [-0.25, -0.2) is 0 Å². The van der Waals surface area contributed by atoms with E-state index in [1.165, 1.54) is 25.7 Å². The number of halogens is 2. The number of ether oxygens (including phenoxy) is 1. The van der Waals surface area contributed by atoms with E-state index in [2.05, 4.69) is 47.5 Å². The van der Waals surface area contributed by atoms with Gasteiger partial charge in [0.25, 0.3) is 0 Å². The number of nitrogens with one attached hydrogen (secondary N) is 1. The number of likely N-dealkylation sites (tertiary alicyclic amines) is 1. The fourth-order valence-corrected chi connectivity index (χ4v) is 6.66. The van der Waals surface area contributed by atoms with E-state index >= 15 is 0 Å². The van der Waals surface area contributed by atoms with Crippen molar-refractivity contribution in [3.63, 3.8) is 0 Å². The summed E-state index contributed by atoms with van der Waals surface area (Å²) >= 11 is 12.2. The number of nitrogens with zero attached hydrogens (tertiary/aromatic N) is 2. The number of hydrogen-bond donors (Lipinski definition) is 1. The van der Waals surface area contributed by atoms with Crippen LogP contribution in [0.25, 0.3) is 11.1 Å². The van der Waals surface area contributed by atoms with Gasteiger partial charge in [-0.05, 0) is 91.5 Å². The van der Waals surface area contributed by atoms with Gasteiger partial charge in [-0.3, -0.25) is 4.79 Å². The Morgan fingerprint density at radius 2 is 1.65 bits per heavy atom. The number of rotatable bonds is 7. The van der Waals surface area contributed by atoms with E-state index in [4.69, 9.17) is 27.9 Å². The van der Waals surface area contributed by atoms with E-state index < -0.39 is 5.60 Å². The third-order valence-corrected chi connectivity index (χ3v) is 8.91. The molecule has 5 nitrogen and oxygen atoms in total. The summed E-state index contributed by atoms with van der Waals surface area (Å²) in [7, 11) is 0. The first kappa shape index (κ1) is 28.6. The average molecular weight is 577 g/mol. The highest BCUT2D eigenvalue weighted by Crippen LogP contribution is 2.40. The molecule has 1 saturated heterocycles. The second-order valence-corrected chi connectivity index (χ2v) is 12.1. The van der Waals surface area contributed by atoms with Crippen LogP contribution in [-0.4, -0.2) is 36.5 Å². The summed E-state index contributed by atoms with van der Waals surface area (Å²) in [5.74, 6) is 0.579. The van der Waals surface area contributed by atoms with Crippen LogP contribution in [0.3, 0.4) is 0 Å². The van der Waals surface area contributed by atoms with Crippen LogP contribution in [0.15, 0.2) is 66.7 Å². The van der Waals surface area contributed by atoms with Crippen LogP contribution in [0, 0.1) is 17.2 Å². The van der Waals surface area contributed by atoms with Gasteiger partial charge >= 0.3 is 0 Å². The summed E-state index contributed by atoms with van der Waals surface area (Å²) < 4.78 is 6.54. The van der Waals surface area contributed by atoms with E-state index in [0.717, 1.165) is 48.5 Å². The van der Waals surface area contributed by atoms with E-state index in [0.29, 0.717) is 27.3 Å². The summed E-state index contributed by atoms with van der Waals surface area (Å²) in [5.41, 5.74) is 3.74. The van der Waals surface area contributed by atoms with Gasteiger partial charge in [-0.1, -0.05) is 66.5 Å². The van der Waals surface area contributed by atoms with E-state index in [1.54, 1.807) is 18.2 Å². The zero-order chi connectivity index (χ0) is 28.1. The molecule has 1 N–H and O–H groups in total. The van der Waals surface area contributed by atoms with Crippen molar-refractivity contribution in [1.82, 2.24) is 4.90 Å². The number of carbonyl (C=O) groups is 1. The molecule has 2 fully saturated rings. The molecule has 0 spiro atoms. The van der Waals surface area contributed by atoms with Gasteiger partial charge < -0.3 is 15.0 Å². The molecule has 0 unspecified atom stereocenters. The van der Waals surface area contributed by atoms with Gasteiger partial charge in [0.2, 0.25) is 5.91 Å². The number of amides is 1. The van der Waals surface area contributed by atoms with Gasteiger partial charge in [0.15, 0.2) is 0 Å². The molecule has 1 saturated carbocycles. The molecule has 0 radical (unpaired) electrons. The molecule has 1 aliphatic carbocycles. The molecular formula is C33H35Cl2N3O2. The van der Waals surface area contributed by atoms with Crippen LogP contribution < -0.4 is 5.32 Å². The van der Waals surface area contributed by atoms with Crippen LogP contribution in [0.4, 0.5) is 5.69 Å². The number of nitriles is 1. The van der Waals surface area contributed by atoms with Crippen molar-refractivity contribution < 1.29 is 9.53 Å².